The van der Waals surface area contributed by atoms with Gasteiger partial charge in [0.25, 0.3) is 0 Å². The maximum Gasteiger partial charge on any atom is -0.0126 e. The van der Waals surface area contributed by atoms with Crippen LogP contribution in [0.15, 0.2) is 18.2 Å². The molecule has 2 aromatic rings. The van der Waals surface area contributed by atoms with Crippen LogP contribution in [0.25, 0.3) is 0 Å². The fourth-order valence-electron chi connectivity index (χ4n) is 7.23. The average molecular weight is 589 g/mol. The van der Waals surface area contributed by atoms with Crippen molar-refractivity contribution in [3.05, 3.63) is 68.3 Å². The lowest BCUT2D eigenvalue weighted by Gasteiger charge is -2.42. The average Bonchev–Trinajstić information content (AvgIpc) is 2.72. The van der Waals surface area contributed by atoms with Gasteiger partial charge in [-0.3, -0.25) is 0 Å². The first kappa shape index (κ1) is 37.6. The van der Waals surface area contributed by atoms with E-state index in [0.717, 1.165) is 6.42 Å². The lowest BCUT2D eigenvalue weighted by molar-refractivity contribution is 0.471. The summed E-state index contributed by atoms with van der Waals surface area (Å²) in [5.41, 5.74) is 14.2. The van der Waals surface area contributed by atoms with Crippen LogP contribution in [0.5, 0.6) is 0 Å². The van der Waals surface area contributed by atoms with E-state index in [1.165, 1.54) is 16.7 Å². The fraction of sp³-hybridized carbons (Fsp3) is 0.721. The largest absolute Gasteiger partial charge is 0.0581 e. The maximum absolute atomic E-state index is 2.64. The molecule has 2 aromatic carbocycles. The molecule has 2 rings (SSSR count). The van der Waals surface area contributed by atoms with Crippen molar-refractivity contribution in [2.75, 3.05) is 0 Å². The van der Waals surface area contributed by atoms with Crippen LogP contribution in [0.2, 0.25) is 0 Å². The summed E-state index contributed by atoms with van der Waals surface area (Å²) in [4.78, 5) is 0. The Kier molecular flexibility index (Phi) is 9.93. The molecule has 43 heavy (non-hydrogen) atoms. The van der Waals surface area contributed by atoms with Gasteiger partial charge in [-0.1, -0.05) is 171 Å². The van der Waals surface area contributed by atoms with Crippen LogP contribution < -0.4 is 0 Å². The van der Waals surface area contributed by atoms with Gasteiger partial charge in [-0.2, -0.15) is 0 Å². The van der Waals surface area contributed by atoms with Crippen molar-refractivity contribution < 1.29 is 0 Å². The van der Waals surface area contributed by atoms with Gasteiger partial charge in [0.1, 0.15) is 0 Å². The van der Waals surface area contributed by atoms with Gasteiger partial charge in [0, 0.05) is 0 Å². The summed E-state index contributed by atoms with van der Waals surface area (Å²) in [6, 6.07) is 7.75. The Labute approximate surface area is 270 Å². The zero-order valence-corrected chi connectivity index (χ0v) is 33.0. The van der Waals surface area contributed by atoms with Crippen molar-refractivity contribution >= 4 is 0 Å². The zero-order valence-electron chi connectivity index (χ0n) is 33.0. The molecule has 0 bridgehead atoms. The van der Waals surface area contributed by atoms with E-state index in [0.29, 0.717) is 5.92 Å². The molecule has 1 atom stereocenters. The third kappa shape index (κ3) is 8.38. The monoisotopic (exact) mass is 589 g/mol. The lowest BCUT2D eigenvalue weighted by Crippen LogP contribution is -2.33. The van der Waals surface area contributed by atoms with Crippen LogP contribution >= 0.6 is 0 Å². The van der Waals surface area contributed by atoms with Crippen molar-refractivity contribution in [1.29, 1.82) is 0 Å². The summed E-state index contributed by atoms with van der Waals surface area (Å²) in [6.07, 6.45) is 1.05. The Morgan fingerprint density at radius 1 is 0.395 bits per heavy atom. The molecule has 0 N–H and O–H groups in total. The fourth-order valence-corrected chi connectivity index (χ4v) is 7.23. The molecule has 0 saturated carbocycles. The highest BCUT2D eigenvalue weighted by Crippen LogP contribution is 2.49. The molecule has 0 heteroatoms. The molecule has 0 aliphatic heterocycles. The molecule has 0 amide bonds. The molecule has 0 fully saturated rings. The van der Waals surface area contributed by atoms with E-state index in [1.54, 1.807) is 33.4 Å². The van der Waals surface area contributed by atoms with Crippen LogP contribution in [-0.4, -0.2) is 0 Å². The number of rotatable bonds is 3. The first-order valence-corrected chi connectivity index (χ1v) is 17.1. The summed E-state index contributed by atoms with van der Waals surface area (Å²) in [5.74, 6) is 0.389. The Bertz CT molecular complexity index is 1290. The van der Waals surface area contributed by atoms with Gasteiger partial charge in [-0.15, -0.1) is 0 Å². The van der Waals surface area contributed by atoms with E-state index in [9.17, 15) is 0 Å². The Morgan fingerprint density at radius 2 is 0.767 bits per heavy atom. The predicted octanol–water partition coefficient (Wildman–Crippen LogP) is 13.1. The normalized spacial score (nSPS) is 15.2. The minimum Gasteiger partial charge on any atom is -0.0581 e. The molecule has 0 aliphatic rings. The summed E-state index contributed by atoms with van der Waals surface area (Å²) in [7, 11) is 0. The van der Waals surface area contributed by atoms with Crippen molar-refractivity contribution in [1.82, 2.24) is 0 Å². The van der Waals surface area contributed by atoms with Crippen LogP contribution in [0.4, 0.5) is 0 Å². The van der Waals surface area contributed by atoms with Crippen molar-refractivity contribution in [3.8, 4) is 0 Å². The van der Waals surface area contributed by atoms with Gasteiger partial charge in [-0.25, -0.2) is 0 Å². The van der Waals surface area contributed by atoms with Crippen LogP contribution in [0.3, 0.4) is 0 Å². The van der Waals surface area contributed by atoms with E-state index in [2.05, 4.69) is 171 Å². The van der Waals surface area contributed by atoms with Crippen LogP contribution in [0, 0.1) is 0 Å². The standard InChI is InChI=1S/C43H72/c1-27(30-25-29(37(2,3)4)26-32(39(8,9)10)34(30)41(14,15)16)23-28-24-31(38(5,6)7)35(42(17,18)19)36(43(20,21)22)33(28)40(11,12)13/h24-27H,23H2,1-22H3. The number of hydrogen-bond acceptors (Lipinski definition) is 0. The van der Waals surface area contributed by atoms with E-state index in [1.807, 2.05) is 0 Å². The molecule has 0 spiro atoms. The molecular formula is C43H72. The molecule has 0 heterocycles. The quantitative estimate of drug-likeness (QED) is 0.334. The topological polar surface area (TPSA) is 0 Å². The van der Waals surface area contributed by atoms with Crippen LogP contribution in [-0.2, 0) is 44.3 Å². The summed E-state index contributed by atoms with van der Waals surface area (Å²) < 4.78 is 0. The van der Waals surface area contributed by atoms with Gasteiger partial charge >= 0.3 is 0 Å². The molecular weight excluding hydrogens is 516 g/mol. The molecule has 0 saturated heterocycles. The van der Waals surface area contributed by atoms with Crippen molar-refractivity contribution in [2.24, 2.45) is 0 Å². The lowest BCUT2D eigenvalue weighted by atomic mass is 9.62. The minimum absolute atomic E-state index is 0.0325. The van der Waals surface area contributed by atoms with Gasteiger partial charge < -0.3 is 0 Å². The maximum atomic E-state index is 2.64. The number of hydrogen-bond donors (Lipinski definition) is 0. The summed E-state index contributed by atoms with van der Waals surface area (Å²) in [6.45, 7) is 53.2. The summed E-state index contributed by atoms with van der Waals surface area (Å²) >= 11 is 0. The molecule has 1 unspecified atom stereocenters. The highest BCUT2D eigenvalue weighted by Gasteiger charge is 2.39. The molecule has 0 aromatic heterocycles. The van der Waals surface area contributed by atoms with Gasteiger partial charge in [-0.05, 0) is 100 Å². The van der Waals surface area contributed by atoms with Crippen LogP contribution in [0.1, 0.15) is 208 Å². The van der Waals surface area contributed by atoms with Crippen molar-refractivity contribution in [2.45, 2.75) is 203 Å². The highest BCUT2D eigenvalue weighted by atomic mass is 14.4. The van der Waals surface area contributed by atoms with E-state index < -0.39 is 0 Å². The SMILES string of the molecule is CC(Cc1cc(C(C)(C)C)c(C(C)(C)C)c(C(C)(C)C)c1C(C)(C)C)c1cc(C(C)(C)C)cc(C(C)(C)C)c1C(C)(C)C. The minimum atomic E-state index is 0.0325. The first-order chi connectivity index (χ1) is 18.7. The third-order valence-corrected chi connectivity index (χ3v) is 9.12. The van der Waals surface area contributed by atoms with Gasteiger partial charge in [0.2, 0.25) is 0 Å². The Morgan fingerprint density at radius 3 is 1.09 bits per heavy atom. The third-order valence-electron chi connectivity index (χ3n) is 9.12. The zero-order chi connectivity index (χ0) is 34.1. The van der Waals surface area contributed by atoms with E-state index >= 15 is 0 Å². The van der Waals surface area contributed by atoms with E-state index in [-0.39, 0.29) is 37.9 Å². The smallest absolute Gasteiger partial charge is 0.0126 e. The Balaban J connectivity index is 3.16. The summed E-state index contributed by atoms with van der Waals surface area (Å²) in [5, 5.41) is 0. The molecule has 0 radical (unpaired) electrons. The van der Waals surface area contributed by atoms with E-state index in [4.69, 9.17) is 0 Å². The second-order valence-electron chi connectivity index (χ2n) is 21.1. The van der Waals surface area contributed by atoms with Crippen molar-refractivity contribution in [3.63, 3.8) is 0 Å². The second-order valence-corrected chi connectivity index (χ2v) is 21.1. The molecule has 0 nitrogen and oxygen atoms in total. The highest BCUT2D eigenvalue weighted by molar-refractivity contribution is 5.57. The van der Waals surface area contributed by atoms with Gasteiger partial charge in [0.05, 0.1) is 0 Å². The Hall–Kier alpha value is -1.56. The molecule has 0 aliphatic carbocycles. The first-order valence-electron chi connectivity index (χ1n) is 17.1. The number of benzene rings is 2. The predicted molar refractivity (Wildman–Crippen MR) is 196 cm³/mol. The molecule has 244 valence electrons. The van der Waals surface area contributed by atoms with Gasteiger partial charge in [0.15, 0.2) is 0 Å². The second kappa shape index (κ2) is 11.4.